The van der Waals surface area contributed by atoms with E-state index in [0.717, 1.165) is 0 Å². The van der Waals surface area contributed by atoms with Crippen LogP contribution < -0.4 is 11.3 Å². The second-order valence-electron chi connectivity index (χ2n) is 4.93. The molecule has 0 amide bonds. The second-order valence-corrected chi connectivity index (χ2v) is 5.34. The van der Waals surface area contributed by atoms with Gasteiger partial charge in [-0.25, -0.2) is 10.1 Å². The van der Waals surface area contributed by atoms with Gasteiger partial charge in [-0.2, -0.15) is 5.10 Å². The Bertz CT molecular complexity index is 963. The van der Waals surface area contributed by atoms with Crippen molar-refractivity contribution in [3.05, 3.63) is 57.1 Å². The summed E-state index contributed by atoms with van der Waals surface area (Å²) in [5, 5.41) is 22.7. The number of nitro groups is 1. The van der Waals surface area contributed by atoms with Gasteiger partial charge in [0.2, 0.25) is 0 Å². The van der Waals surface area contributed by atoms with Crippen molar-refractivity contribution in [3.8, 4) is 11.3 Å². The van der Waals surface area contributed by atoms with Gasteiger partial charge >= 0.3 is 0 Å². The molecule has 0 aliphatic carbocycles. The van der Waals surface area contributed by atoms with Crippen molar-refractivity contribution in [2.75, 3.05) is 11.3 Å². The molecule has 2 heterocycles. The van der Waals surface area contributed by atoms with Gasteiger partial charge in [0.15, 0.2) is 5.82 Å². The second kappa shape index (κ2) is 6.61. The van der Waals surface area contributed by atoms with Crippen LogP contribution >= 0.6 is 11.6 Å². The number of nitrogens with two attached hydrogens (primary N) is 1. The van der Waals surface area contributed by atoms with E-state index < -0.39 is 4.92 Å². The van der Waals surface area contributed by atoms with E-state index in [4.69, 9.17) is 21.9 Å². The average molecular weight is 362 g/mol. The zero-order chi connectivity index (χ0) is 18.0. The average Bonchev–Trinajstić information content (AvgIpc) is 3.17. The highest BCUT2D eigenvalue weighted by Gasteiger charge is 2.14. The van der Waals surface area contributed by atoms with Crippen molar-refractivity contribution < 1.29 is 9.34 Å². The lowest BCUT2D eigenvalue weighted by atomic mass is 10.1. The molecule has 0 saturated carbocycles. The van der Waals surface area contributed by atoms with Crippen LogP contribution in [0.1, 0.15) is 11.6 Å². The molecule has 0 saturated heterocycles. The number of hydrazone groups is 1. The molecule has 0 atom stereocenters. The van der Waals surface area contributed by atoms with E-state index in [1.807, 2.05) is 0 Å². The molecule has 0 bridgehead atoms. The van der Waals surface area contributed by atoms with Crippen molar-refractivity contribution in [1.82, 2.24) is 14.9 Å². The van der Waals surface area contributed by atoms with Crippen molar-refractivity contribution in [1.29, 1.82) is 0 Å². The fraction of sp³-hybridized carbons (Fsp3) is 0.0714. The van der Waals surface area contributed by atoms with Crippen LogP contribution in [0.5, 0.6) is 0 Å². The van der Waals surface area contributed by atoms with E-state index in [1.54, 1.807) is 19.1 Å². The number of aromatic nitrogens is 3. The molecular formula is C14H12ClN7O3. The first-order chi connectivity index (χ1) is 12.0. The Labute approximate surface area is 146 Å². The molecule has 3 rings (SSSR count). The molecule has 0 fully saturated rings. The summed E-state index contributed by atoms with van der Waals surface area (Å²) in [7, 11) is 0. The lowest BCUT2D eigenvalue weighted by Crippen LogP contribution is -2.13. The molecule has 0 spiro atoms. The molecule has 10 nitrogen and oxygen atoms in total. The highest BCUT2D eigenvalue weighted by molar-refractivity contribution is 6.33. The molecular weight excluding hydrogens is 350 g/mol. The number of anilines is 1. The summed E-state index contributed by atoms with van der Waals surface area (Å²) in [4.78, 5) is 10.4. The Morgan fingerprint density at radius 2 is 2.20 bits per heavy atom. The number of furan rings is 1. The molecule has 3 N–H and O–H groups in total. The van der Waals surface area contributed by atoms with Crippen molar-refractivity contribution >= 4 is 29.5 Å². The van der Waals surface area contributed by atoms with Gasteiger partial charge in [0, 0.05) is 17.7 Å². The van der Waals surface area contributed by atoms with Crippen molar-refractivity contribution in [2.45, 2.75) is 6.92 Å². The molecule has 0 radical (unpaired) electrons. The summed E-state index contributed by atoms with van der Waals surface area (Å²) in [6, 6.07) is 7.41. The quantitative estimate of drug-likeness (QED) is 0.308. The molecule has 0 aliphatic rings. The van der Waals surface area contributed by atoms with Gasteiger partial charge in [0.25, 0.3) is 11.6 Å². The Kier molecular flexibility index (Phi) is 4.35. The minimum atomic E-state index is -0.500. The number of benzene rings is 1. The fourth-order valence-corrected chi connectivity index (χ4v) is 2.19. The number of nitrogens with one attached hydrogen (secondary N) is 1. The van der Waals surface area contributed by atoms with Gasteiger partial charge in [-0.15, -0.1) is 10.2 Å². The predicted molar refractivity (Wildman–Crippen MR) is 91.9 cm³/mol. The molecule has 3 aromatic rings. The molecule has 128 valence electrons. The minimum Gasteiger partial charge on any atom is -0.455 e. The first-order valence-electron chi connectivity index (χ1n) is 6.96. The Morgan fingerprint density at radius 1 is 1.40 bits per heavy atom. The Hall–Kier alpha value is -3.40. The van der Waals surface area contributed by atoms with Crippen LogP contribution in [0.4, 0.5) is 11.6 Å². The van der Waals surface area contributed by atoms with Crippen LogP contribution in [0.15, 0.2) is 39.9 Å². The first-order valence-corrected chi connectivity index (χ1v) is 7.34. The van der Waals surface area contributed by atoms with Gasteiger partial charge in [-0.3, -0.25) is 10.1 Å². The largest absolute Gasteiger partial charge is 0.455 e. The molecule has 2 aromatic heterocycles. The first kappa shape index (κ1) is 16.5. The van der Waals surface area contributed by atoms with Crippen LogP contribution in [0.25, 0.3) is 11.3 Å². The van der Waals surface area contributed by atoms with Crippen LogP contribution in [0, 0.1) is 17.0 Å². The maximum absolute atomic E-state index is 10.9. The third-order valence-corrected chi connectivity index (χ3v) is 3.61. The standard InChI is InChI=1S/C14H12ClN7O3/c1-8-18-20-14(21(8)16)19-17-7-10-3-5-13(25-10)11-6-9(22(23)24)2-4-12(11)15/h2-7H,16H2,1H3,(H,19,20). The number of halogens is 1. The molecule has 1 aromatic carbocycles. The molecule has 0 aliphatic heterocycles. The number of nitrogens with zero attached hydrogens (tertiary/aromatic N) is 5. The number of nitrogen functional groups attached to an aromatic ring is 1. The van der Waals surface area contributed by atoms with Crippen LogP contribution in [0.2, 0.25) is 5.02 Å². The normalized spacial score (nSPS) is 11.1. The van der Waals surface area contributed by atoms with E-state index >= 15 is 0 Å². The monoisotopic (exact) mass is 361 g/mol. The third kappa shape index (κ3) is 3.43. The molecule has 11 heteroatoms. The van der Waals surface area contributed by atoms with Crippen LogP contribution in [0.3, 0.4) is 0 Å². The van der Waals surface area contributed by atoms with E-state index in [9.17, 15) is 10.1 Å². The summed E-state index contributed by atoms with van der Waals surface area (Å²) < 4.78 is 6.83. The highest BCUT2D eigenvalue weighted by Crippen LogP contribution is 2.32. The minimum absolute atomic E-state index is 0.0784. The number of non-ortho nitro benzene ring substituents is 1. The Morgan fingerprint density at radius 3 is 2.88 bits per heavy atom. The van der Waals surface area contributed by atoms with Gasteiger partial charge < -0.3 is 10.3 Å². The number of hydrogen-bond acceptors (Lipinski definition) is 8. The number of aryl methyl sites for hydroxylation is 1. The summed E-state index contributed by atoms with van der Waals surface area (Å²) >= 11 is 6.09. The van der Waals surface area contributed by atoms with E-state index in [-0.39, 0.29) is 11.6 Å². The summed E-state index contributed by atoms with van der Waals surface area (Å²) in [5.41, 5.74) is 2.96. The Balaban J connectivity index is 1.78. The SMILES string of the molecule is Cc1nnc(NN=Cc2ccc(-c3cc([N+](=O)[O-])ccc3Cl)o2)n1N. The maximum atomic E-state index is 10.9. The fourth-order valence-electron chi connectivity index (χ4n) is 1.98. The zero-order valence-electron chi connectivity index (χ0n) is 12.9. The molecule has 25 heavy (non-hydrogen) atoms. The van der Waals surface area contributed by atoms with Gasteiger partial charge in [0.05, 0.1) is 16.2 Å². The predicted octanol–water partition coefficient (Wildman–Crippen LogP) is 2.57. The third-order valence-electron chi connectivity index (χ3n) is 3.28. The van der Waals surface area contributed by atoms with E-state index in [2.05, 4.69) is 20.7 Å². The van der Waals surface area contributed by atoms with E-state index in [1.165, 1.54) is 29.1 Å². The zero-order valence-corrected chi connectivity index (χ0v) is 13.6. The topological polar surface area (TPSA) is 137 Å². The summed E-state index contributed by atoms with van der Waals surface area (Å²) in [6.45, 7) is 1.70. The smallest absolute Gasteiger partial charge is 0.270 e. The molecule has 0 unspecified atom stereocenters. The number of rotatable bonds is 5. The van der Waals surface area contributed by atoms with Crippen LogP contribution in [-0.2, 0) is 0 Å². The van der Waals surface area contributed by atoms with E-state index in [0.29, 0.717) is 27.9 Å². The van der Waals surface area contributed by atoms with Gasteiger partial charge in [0.1, 0.15) is 11.5 Å². The van der Waals surface area contributed by atoms with Crippen LogP contribution in [-0.4, -0.2) is 26.0 Å². The number of nitro benzene ring substituents is 1. The van der Waals surface area contributed by atoms with Crippen molar-refractivity contribution in [3.63, 3.8) is 0 Å². The summed E-state index contributed by atoms with van der Waals surface area (Å²) in [5.74, 6) is 7.26. The van der Waals surface area contributed by atoms with Gasteiger partial charge in [-0.1, -0.05) is 11.6 Å². The van der Waals surface area contributed by atoms with Crippen molar-refractivity contribution in [2.24, 2.45) is 5.10 Å². The number of hydrogen-bond donors (Lipinski definition) is 2. The summed E-state index contributed by atoms with van der Waals surface area (Å²) in [6.07, 6.45) is 1.40. The highest BCUT2D eigenvalue weighted by atomic mass is 35.5. The lowest BCUT2D eigenvalue weighted by Gasteiger charge is -2.00. The maximum Gasteiger partial charge on any atom is 0.270 e. The van der Waals surface area contributed by atoms with Gasteiger partial charge in [-0.05, 0) is 25.1 Å². The lowest BCUT2D eigenvalue weighted by molar-refractivity contribution is -0.384.